The number of aromatic carboxylic acids is 1. The Morgan fingerprint density at radius 3 is 2.36 bits per heavy atom. The average molecular weight is 352 g/mol. The number of rotatable bonds is 3. The molecule has 3 rings (SSSR count). The molecule has 1 fully saturated rings. The van der Waals surface area contributed by atoms with E-state index < -0.39 is 5.97 Å². The Kier molecular flexibility index (Phi) is 4.72. The number of carbonyl (C=O) groups excluding carboxylic acids is 1. The van der Waals surface area contributed by atoms with Crippen LogP contribution < -0.4 is 0 Å². The smallest absolute Gasteiger partial charge is 0.335 e. The van der Waals surface area contributed by atoms with Crippen molar-refractivity contribution >= 4 is 40.6 Å². The van der Waals surface area contributed by atoms with Gasteiger partial charge in [0.05, 0.1) is 16.2 Å². The molecule has 1 aliphatic heterocycles. The first-order chi connectivity index (χ1) is 11.9. The minimum atomic E-state index is -0.974. The number of benzene rings is 2. The van der Waals surface area contributed by atoms with Crippen molar-refractivity contribution in [2.45, 2.75) is 6.92 Å². The van der Waals surface area contributed by atoms with Gasteiger partial charge in [-0.2, -0.15) is 0 Å². The van der Waals surface area contributed by atoms with Gasteiger partial charge in [0.1, 0.15) is 0 Å². The number of likely N-dealkylation sites (N-methyl/N-ethyl adjacent to an activating group) is 1. The fraction of sp³-hybridized carbons (Fsp3) is 0.105. The van der Waals surface area contributed by atoms with E-state index >= 15 is 0 Å². The summed E-state index contributed by atoms with van der Waals surface area (Å²) in [5.74, 6) is -1.10. The highest BCUT2D eigenvalue weighted by Gasteiger charge is 2.30. The van der Waals surface area contributed by atoms with E-state index in [2.05, 4.69) is 4.99 Å². The Balaban J connectivity index is 1.85. The van der Waals surface area contributed by atoms with E-state index in [4.69, 9.17) is 5.11 Å². The maximum Gasteiger partial charge on any atom is 0.335 e. The van der Waals surface area contributed by atoms with Crippen LogP contribution in [0.3, 0.4) is 0 Å². The van der Waals surface area contributed by atoms with Crippen LogP contribution in [-0.4, -0.2) is 34.1 Å². The Hall–Kier alpha value is -2.86. The second kappa shape index (κ2) is 6.94. The molecule has 2 aromatic rings. The van der Waals surface area contributed by atoms with Crippen LogP contribution in [0.5, 0.6) is 0 Å². The molecule has 1 saturated heterocycles. The van der Waals surface area contributed by atoms with Crippen LogP contribution >= 0.6 is 11.8 Å². The van der Waals surface area contributed by atoms with E-state index in [0.29, 0.717) is 10.1 Å². The normalized spacial score (nSPS) is 17.5. The van der Waals surface area contributed by atoms with Gasteiger partial charge in [0.25, 0.3) is 5.91 Å². The first-order valence-corrected chi connectivity index (χ1v) is 8.42. The van der Waals surface area contributed by atoms with Crippen LogP contribution in [-0.2, 0) is 4.79 Å². The highest BCUT2D eigenvalue weighted by atomic mass is 32.2. The molecule has 1 heterocycles. The maximum atomic E-state index is 12.4. The van der Waals surface area contributed by atoms with Crippen LogP contribution in [0.1, 0.15) is 21.5 Å². The van der Waals surface area contributed by atoms with Crippen molar-refractivity contribution in [1.29, 1.82) is 0 Å². The summed E-state index contributed by atoms with van der Waals surface area (Å²) in [6, 6.07) is 14.2. The molecule has 0 bridgehead atoms. The van der Waals surface area contributed by atoms with E-state index in [1.54, 1.807) is 25.3 Å². The Morgan fingerprint density at radius 1 is 1.12 bits per heavy atom. The van der Waals surface area contributed by atoms with Crippen molar-refractivity contribution in [3.8, 4) is 0 Å². The van der Waals surface area contributed by atoms with Gasteiger partial charge in [-0.1, -0.05) is 29.8 Å². The molecule has 126 valence electrons. The molecule has 5 nitrogen and oxygen atoms in total. The van der Waals surface area contributed by atoms with E-state index in [-0.39, 0.29) is 11.5 Å². The number of aliphatic imine (C=N–C) groups is 1. The first kappa shape index (κ1) is 17.0. The van der Waals surface area contributed by atoms with Gasteiger partial charge in [-0.25, -0.2) is 9.79 Å². The van der Waals surface area contributed by atoms with Crippen molar-refractivity contribution in [2.75, 3.05) is 7.05 Å². The lowest BCUT2D eigenvalue weighted by Gasteiger charge is -2.07. The minimum absolute atomic E-state index is 0.127. The van der Waals surface area contributed by atoms with Crippen molar-refractivity contribution in [1.82, 2.24) is 4.90 Å². The first-order valence-electron chi connectivity index (χ1n) is 7.60. The number of hydrogen-bond acceptors (Lipinski definition) is 4. The van der Waals surface area contributed by atoms with Crippen molar-refractivity contribution in [3.05, 3.63) is 70.1 Å². The Labute approximate surface area is 149 Å². The second-order valence-corrected chi connectivity index (χ2v) is 6.64. The van der Waals surface area contributed by atoms with Gasteiger partial charge < -0.3 is 5.11 Å². The van der Waals surface area contributed by atoms with Crippen LogP contribution in [0, 0.1) is 6.92 Å². The van der Waals surface area contributed by atoms with Gasteiger partial charge in [-0.05, 0) is 54.6 Å². The van der Waals surface area contributed by atoms with E-state index in [9.17, 15) is 9.59 Å². The number of hydrogen-bond donors (Lipinski definition) is 1. The largest absolute Gasteiger partial charge is 0.478 e. The van der Waals surface area contributed by atoms with Crippen LogP contribution in [0.15, 0.2) is 58.4 Å². The lowest BCUT2D eigenvalue weighted by Crippen LogP contribution is -2.23. The highest BCUT2D eigenvalue weighted by Crippen LogP contribution is 2.33. The third-order valence-electron chi connectivity index (χ3n) is 3.72. The summed E-state index contributed by atoms with van der Waals surface area (Å²) in [5, 5.41) is 9.55. The molecule has 1 amide bonds. The van der Waals surface area contributed by atoms with Crippen LogP contribution in [0.4, 0.5) is 5.69 Å². The van der Waals surface area contributed by atoms with E-state index in [1.165, 1.54) is 28.8 Å². The molecular formula is C19H16N2O3S. The topological polar surface area (TPSA) is 70.0 Å². The molecule has 2 aromatic carbocycles. The third kappa shape index (κ3) is 3.80. The lowest BCUT2D eigenvalue weighted by atomic mass is 10.1. The number of amidine groups is 1. The van der Waals surface area contributed by atoms with Crippen LogP contribution in [0.25, 0.3) is 6.08 Å². The van der Waals surface area contributed by atoms with Gasteiger partial charge in [-0.15, -0.1) is 0 Å². The number of carbonyl (C=O) groups is 2. The van der Waals surface area contributed by atoms with E-state index in [1.807, 2.05) is 31.2 Å². The molecule has 1 aliphatic rings. The van der Waals surface area contributed by atoms with Crippen molar-refractivity contribution in [2.24, 2.45) is 4.99 Å². The predicted molar refractivity (Wildman–Crippen MR) is 100 cm³/mol. The summed E-state index contributed by atoms with van der Waals surface area (Å²) in [4.78, 5) is 29.9. The molecule has 0 aromatic heterocycles. The molecule has 0 spiro atoms. The van der Waals surface area contributed by atoms with Gasteiger partial charge in [0.15, 0.2) is 5.17 Å². The van der Waals surface area contributed by atoms with Gasteiger partial charge in [-0.3, -0.25) is 9.69 Å². The predicted octanol–water partition coefficient (Wildman–Crippen LogP) is 3.93. The highest BCUT2D eigenvalue weighted by molar-refractivity contribution is 8.18. The SMILES string of the molecule is Cc1ccc(N=C2SC(=Cc3ccc(C(=O)O)cc3)C(=O)N2C)cc1. The standard InChI is InChI=1S/C19H16N2O3S/c1-12-3-9-15(10-4-12)20-19-21(2)17(22)16(25-19)11-13-5-7-14(8-6-13)18(23)24/h3-11H,1-2H3,(H,23,24). The molecular weight excluding hydrogens is 336 g/mol. The molecule has 0 radical (unpaired) electrons. The molecule has 0 atom stereocenters. The molecule has 25 heavy (non-hydrogen) atoms. The van der Waals surface area contributed by atoms with Gasteiger partial charge in [0, 0.05) is 7.05 Å². The number of carboxylic acids is 1. The monoisotopic (exact) mass is 352 g/mol. The molecule has 0 unspecified atom stereocenters. The average Bonchev–Trinajstić information content (AvgIpc) is 2.85. The van der Waals surface area contributed by atoms with E-state index in [0.717, 1.165) is 16.8 Å². The summed E-state index contributed by atoms with van der Waals surface area (Å²) in [6.45, 7) is 2.01. The second-order valence-electron chi connectivity index (χ2n) is 5.63. The lowest BCUT2D eigenvalue weighted by molar-refractivity contribution is -0.121. The Bertz CT molecular complexity index is 884. The fourth-order valence-corrected chi connectivity index (χ4v) is 3.24. The Morgan fingerprint density at radius 2 is 1.76 bits per heavy atom. The van der Waals surface area contributed by atoms with Gasteiger partial charge >= 0.3 is 5.97 Å². The quantitative estimate of drug-likeness (QED) is 0.850. The number of amides is 1. The number of nitrogens with zero attached hydrogens (tertiary/aromatic N) is 2. The summed E-state index contributed by atoms with van der Waals surface area (Å²) in [7, 11) is 1.69. The van der Waals surface area contributed by atoms with Crippen molar-refractivity contribution < 1.29 is 14.7 Å². The summed E-state index contributed by atoms with van der Waals surface area (Å²) in [6.07, 6.45) is 1.74. The molecule has 1 N–H and O–H groups in total. The summed E-state index contributed by atoms with van der Waals surface area (Å²) >= 11 is 1.30. The zero-order valence-corrected chi connectivity index (χ0v) is 14.6. The fourth-order valence-electron chi connectivity index (χ4n) is 2.25. The number of carboxylic acid groups (broad SMARTS) is 1. The molecule has 0 aliphatic carbocycles. The summed E-state index contributed by atoms with van der Waals surface area (Å²) in [5.41, 5.74) is 2.93. The van der Waals surface area contributed by atoms with Crippen LogP contribution in [0.2, 0.25) is 0 Å². The maximum absolute atomic E-state index is 12.4. The summed E-state index contributed by atoms with van der Waals surface area (Å²) < 4.78 is 0. The van der Waals surface area contributed by atoms with Gasteiger partial charge in [0.2, 0.25) is 0 Å². The number of thioether (sulfide) groups is 1. The molecule has 6 heteroatoms. The van der Waals surface area contributed by atoms with Crippen molar-refractivity contribution in [3.63, 3.8) is 0 Å². The zero-order valence-electron chi connectivity index (χ0n) is 13.8. The minimum Gasteiger partial charge on any atom is -0.478 e. The zero-order chi connectivity index (χ0) is 18.0. The third-order valence-corrected chi connectivity index (χ3v) is 4.78. The number of aryl methyl sites for hydroxylation is 1. The molecule has 0 saturated carbocycles.